The summed E-state index contributed by atoms with van der Waals surface area (Å²) in [5.41, 5.74) is 1.39. The van der Waals surface area contributed by atoms with Crippen LogP contribution >= 0.6 is 11.6 Å². The van der Waals surface area contributed by atoms with Crippen LogP contribution in [0.4, 0.5) is 4.39 Å². The quantitative estimate of drug-likeness (QED) is 0.870. The Bertz CT molecular complexity index is 611. The Morgan fingerprint density at radius 3 is 2.65 bits per heavy atom. The Balaban J connectivity index is 2.34. The number of hydrogen-bond donors (Lipinski definition) is 1. The molecule has 0 saturated heterocycles. The van der Waals surface area contributed by atoms with E-state index in [4.69, 9.17) is 16.3 Å². The van der Waals surface area contributed by atoms with Crippen LogP contribution in [0.2, 0.25) is 5.02 Å². The van der Waals surface area contributed by atoms with E-state index in [-0.39, 0.29) is 0 Å². The Morgan fingerprint density at radius 2 is 2.00 bits per heavy atom. The van der Waals surface area contributed by atoms with Gasteiger partial charge in [-0.2, -0.15) is 0 Å². The lowest BCUT2D eigenvalue weighted by molar-refractivity contribution is 0.195. The van der Waals surface area contributed by atoms with E-state index < -0.39 is 11.9 Å². The fraction of sp³-hybridized carbons (Fsp3) is 0.250. The number of rotatable bonds is 4. The summed E-state index contributed by atoms with van der Waals surface area (Å²) in [4.78, 5) is 0. The minimum Gasteiger partial charge on any atom is -0.457 e. The van der Waals surface area contributed by atoms with E-state index in [1.165, 1.54) is 18.2 Å². The van der Waals surface area contributed by atoms with E-state index in [9.17, 15) is 9.50 Å². The molecule has 2 rings (SSSR count). The van der Waals surface area contributed by atoms with Crippen LogP contribution in [-0.2, 0) is 6.42 Å². The fourth-order valence-electron chi connectivity index (χ4n) is 1.95. The molecule has 0 heterocycles. The fourth-order valence-corrected chi connectivity index (χ4v) is 2.20. The molecular formula is C16H16ClFO2. The molecule has 106 valence electrons. The molecule has 0 bridgehead atoms. The molecule has 0 radical (unpaired) electrons. The van der Waals surface area contributed by atoms with Crippen molar-refractivity contribution in [1.29, 1.82) is 0 Å². The standard InChI is InChI=1S/C16H16ClFO2/c1-3-11-8-13(5-6-15(11)17)20-16-7-4-12(18)9-14(16)10(2)19/h4-10,19H,3H2,1-2H3. The number of hydrogen-bond acceptors (Lipinski definition) is 2. The summed E-state index contributed by atoms with van der Waals surface area (Å²) >= 11 is 6.06. The smallest absolute Gasteiger partial charge is 0.133 e. The minimum atomic E-state index is -0.807. The summed E-state index contributed by atoms with van der Waals surface area (Å²) < 4.78 is 19.0. The highest BCUT2D eigenvalue weighted by Crippen LogP contribution is 2.32. The number of ether oxygens (including phenoxy) is 1. The van der Waals surface area contributed by atoms with Gasteiger partial charge < -0.3 is 9.84 Å². The third-order valence-electron chi connectivity index (χ3n) is 3.05. The molecule has 0 aliphatic heterocycles. The van der Waals surface area contributed by atoms with Gasteiger partial charge >= 0.3 is 0 Å². The Labute approximate surface area is 122 Å². The first kappa shape index (κ1) is 14.8. The van der Waals surface area contributed by atoms with Gasteiger partial charge in [0.15, 0.2) is 0 Å². The summed E-state index contributed by atoms with van der Waals surface area (Å²) in [6.07, 6.45) is -0.0125. The van der Waals surface area contributed by atoms with E-state index in [1.807, 2.05) is 13.0 Å². The van der Waals surface area contributed by atoms with Gasteiger partial charge in [0, 0.05) is 10.6 Å². The van der Waals surface area contributed by atoms with E-state index in [1.54, 1.807) is 19.1 Å². The van der Waals surface area contributed by atoms with Crippen LogP contribution in [0.5, 0.6) is 11.5 Å². The molecule has 2 aromatic rings. The van der Waals surface area contributed by atoms with Crippen molar-refractivity contribution in [2.24, 2.45) is 0 Å². The van der Waals surface area contributed by atoms with Crippen molar-refractivity contribution >= 4 is 11.6 Å². The van der Waals surface area contributed by atoms with E-state index in [0.717, 1.165) is 12.0 Å². The van der Waals surface area contributed by atoms with Gasteiger partial charge in [-0.25, -0.2) is 4.39 Å². The summed E-state index contributed by atoms with van der Waals surface area (Å²) in [5.74, 6) is 0.643. The second kappa shape index (κ2) is 6.25. The molecule has 1 unspecified atom stereocenters. The van der Waals surface area contributed by atoms with Crippen LogP contribution in [0.3, 0.4) is 0 Å². The first-order valence-corrected chi connectivity index (χ1v) is 6.83. The normalized spacial score (nSPS) is 12.2. The van der Waals surface area contributed by atoms with Gasteiger partial charge in [0.1, 0.15) is 17.3 Å². The molecule has 4 heteroatoms. The first-order valence-electron chi connectivity index (χ1n) is 6.45. The molecule has 2 aromatic carbocycles. The summed E-state index contributed by atoms with van der Waals surface area (Å²) in [6, 6.07) is 9.45. The van der Waals surface area contributed by atoms with Gasteiger partial charge in [-0.15, -0.1) is 0 Å². The lowest BCUT2D eigenvalue weighted by Gasteiger charge is -2.14. The van der Waals surface area contributed by atoms with Crippen molar-refractivity contribution < 1.29 is 14.2 Å². The molecule has 1 N–H and O–H groups in total. The highest BCUT2D eigenvalue weighted by atomic mass is 35.5. The second-order valence-corrected chi connectivity index (χ2v) is 4.97. The highest BCUT2D eigenvalue weighted by Gasteiger charge is 2.12. The van der Waals surface area contributed by atoms with E-state index in [0.29, 0.717) is 22.1 Å². The van der Waals surface area contributed by atoms with E-state index in [2.05, 4.69) is 0 Å². The van der Waals surface area contributed by atoms with Crippen molar-refractivity contribution in [3.8, 4) is 11.5 Å². The van der Waals surface area contributed by atoms with Crippen molar-refractivity contribution in [1.82, 2.24) is 0 Å². The topological polar surface area (TPSA) is 29.5 Å². The molecule has 0 aliphatic rings. The van der Waals surface area contributed by atoms with Crippen molar-refractivity contribution in [3.05, 3.63) is 58.4 Å². The molecule has 1 atom stereocenters. The number of aryl methyl sites for hydroxylation is 1. The monoisotopic (exact) mass is 294 g/mol. The van der Waals surface area contributed by atoms with Gasteiger partial charge in [0.2, 0.25) is 0 Å². The molecule has 0 spiro atoms. The zero-order chi connectivity index (χ0) is 14.7. The third kappa shape index (κ3) is 3.30. The predicted molar refractivity (Wildman–Crippen MR) is 77.9 cm³/mol. The molecule has 0 fully saturated rings. The molecule has 0 aromatic heterocycles. The average Bonchev–Trinajstić information content (AvgIpc) is 2.42. The average molecular weight is 295 g/mol. The lowest BCUT2D eigenvalue weighted by atomic mass is 10.1. The van der Waals surface area contributed by atoms with Crippen LogP contribution in [-0.4, -0.2) is 5.11 Å². The first-order chi connectivity index (χ1) is 9.51. The van der Waals surface area contributed by atoms with Gasteiger partial charge in [-0.1, -0.05) is 18.5 Å². The molecule has 0 aliphatic carbocycles. The number of aliphatic hydroxyl groups is 1. The Kier molecular flexibility index (Phi) is 4.63. The van der Waals surface area contributed by atoms with Crippen LogP contribution in [0, 0.1) is 5.82 Å². The maximum absolute atomic E-state index is 13.2. The van der Waals surface area contributed by atoms with Crippen molar-refractivity contribution in [3.63, 3.8) is 0 Å². The molecule has 2 nitrogen and oxygen atoms in total. The van der Waals surface area contributed by atoms with Gasteiger partial charge in [-0.05, 0) is 55.3 Å². The number of halogens is 2. The van der Waals surface area contributed by atoms with Crippen LogP contribution < -0.4 is 4.74 Å². The maximum atomic E-state index is 13.2. The van der Waals surface area contributed by atoms with Gasteiger partial charge in [-0.3, -0.25) is 0 Å². The zero-order valence-corrected chi connectivity index (χ0v) is 12.1. The van der Waals surface area contributed by atoms with Crippen molar-refractivity contribution in [2.75, 3.05) is 0 Å². The maximum Gasteiger partial charge on any atom is 0.133 e. The largest absolute Gasteiger partial charge is 0.457 e. The number of aliphatic hydroxyl groups excluding tert-OH is 1. The third-order valence-corrected chi connectivity index (χ3v) is 3.42. The molecule has 0 amide bonds. The Hall–Kier alpha value is -1.58. The predicted octanol–water partition coefficient (Wildman–Crippen LogP) is 4.89. The second-order valence-electron chi connectivity index (χ2n) is 4.57. The molecular weight excluding hydrogens is 279 g/mol. The lowest BCUT2D eigenvalue weighted by Crippen LogP contribution is -1.97. The summed E-state index contributed by atoms with van der Waals surface area (Å²) in [6.45, 7) is 3.57. The van der Waals surface area contributed by atoms with Gasteiger partial charge in [0.25, 0.3) is 0 Å². The zero-order valence-electron chi connectivity index (χ0n) is 11.4. The SMILES string of the molecule is CCc1cc(Oc2ccc(F)cc2C(C)O)ccc1Cl. The Morgan fingerprint density at radius 1 is 1.25 bits per heavy atom. The summed E-state index contributed by atoms with van der Waals surface area (Å²) in [5, 5.41) is 10.4. The van der Waals surface area contributed by atoms with Gasteiger partial charge in [0.05, 0.1) is 6.10 Å². The molecule has 20 heavy (non-hydrogen) atoms. The van der Waals surface area contributed by atoms with Crippen LogP contribution in [0.1, 0.15) is 31.1 Å². The van der Waals surface area contributed by atoms with Crippen LogP contribution in [0.25, 0.3) is 0 Å². The summed E-state index contributed by atoms with van der Waals surface area (Å²) in [7, 11) is 0. The van der Waals surface area contributed by atoms with Crippen molar-refractivity contribution in [2.45, 2.75) is 26.4 Å². The minimum absolute atomic E-state index is 0.404. The van der Waals surface area contributed by atoms with E-state index >= 15 is 0 Å². The number of benzene rings is 2. The highest BCUT2D eigenvalue weighted by molar-refractivity contribution is 6.31. The molecule has 0 saturated carbocycles. The van der Waals surface area contributed by atoms with Crippen LogP contribution in [0.15, 0.2) is 36.4 Å².